The predicted molar refractivity (Wildman–Crippen MR) is 93.8 cm³/mol. The third kappa shape index (κ3) is 6.26. The number of carbonyl (C=O) groups excluding carboxylic acids is 2. The van der Waals surface area contributed by atoms with E-state index in [1.54, 1.807) is 0 Å². The van der Waals surface area contributed by atoms with Crippen LogP contribution in [0.1, 0.15) is 39.2 Å². The van der Waals surface area contributed by atoms with Crippen LogP contribution in [0.25, 0.3) is 0 Å². The molecular formula is C18H28N2O5. The number of benzene rings is 1. The lowest BCUT2D eigenvalue weighted by atomic mass is 9.70. The van der Waals surface area contributed by atoms with E-state index in [1.807, 2.05) is 51.1 Å². The largest absolute Gasteiger partial charge is 0.444 e. The third-order valence-electron chi connectivity index (χ3n) is 4.35. The van der Waals surface area contributed by atoms with Gasteiger partial charge in [0.05, 0.1) is 6.61 Å². The van der Waals surface area contributed by atoms with Crippen molar-refractivity contribution < 1.29 is 24.2 Å². The molecule has 0 saturated carbocycles. The minimum Gasteiger partial charge on any atom is -0.444 e. The minimum atomic E-state index is -0.959. The quantitative estimate of drug-likeness (QED) is 0.662. The molecule has 0 aromatic heterocycles. The highest BCUT2D eigenvalue weighted by Crippen LogP contribution is 2.41. The van der Waals surface area contributed by atoms with Gasteiger partial charge < -0.3 is 26.0 Å². The van der Waals surface area contributed by atoms with E-state index in [0.29, 0.717) is 12.8 Å². The van der Waals surface area contributed by atoms with Crippen LogP contribution in [-0.2, 0) is 15.9 Å². The second-order valence-electron chi connectivity index (χ2n) is 7.11. The number of rotatable bonds is 8. The zero-order chi connectivity index (χ0) is 19.1. The maximum atomic E-state index is 11.6. The summed E-state index contributed by atoms with van der Waals surface area (Å²) in [5.74, 6) is 0. The molecule has 2 amide bonds. The van der Waals surface area contributed by atoms with Gasteiger partial charge in [0, 0.05) is 11.8 Å². The van der Waals surface area contributed by atoms with Crippen LogP contribution in [0.2, 0.25) is 0 Å². The van der Waals surface area contributed by atoms with Crippen LogP contribution in [-0.4, -0.2) is 35.6 Å². The molecule has 0 aliphatic heterocycles. The first kappa shape index (κ1) is 20.8. The van der Waals surface area contributed by atoms with Crippen LogP contribution in [0, 0.1) is 5.41 Å². The molecule has 0 saturated heterocycles. The van der Waals surface area contributed by atoms with Gasteiger partial charge in [-0.15, -0.1) is 0 Å². The van der Waals surface area contributed by atoms with Crippen molar-refractivity contribution in [1.82, 2.24) is 0 Å². The zero-order valence-electron chi connectivity index (χ0n) is 15.0. The summed E-state index contributed by atoms with van der Waals surface area (Å²) in [6, 6.07) is 9.59. The monoisotopic (exact) mass is 352 g/mol. The molecule has 1 aromatic rings. The van der Waals surface area contributed by atoms with Crippen LogP contribution >= 0.6 is 0 Å². The van der Waals surface area contributed by atoms with E-state index in [4.69, 9.17) is 20.9 Å². The summed E-state index contributed by atoms with van der Waals surface area (Å²) < 4.78 is 10.5. The van der Waals surface area contributed by atoms with Crippen molar-refractivity contribution >= 4 is 12.2 Å². The number of carbonyl (C=O) groups is 2. The molecule has 5 N–H and O–H groups in total. The Bertz CT molecular complexity index is 571. The number of nitrogens with two attached hydrogens (primary N) is 2. The van der Waals surface area contributed by atoms with Crippen molar-refractivity contribution in [3.63, 3.8) is 0 Å². The number of hydrogen-bond acceptors (Lipinski definition) is 5. The fraction of sp³-hybridized carbons (Fsp3) is 0.556. The standard InChI is InChI=1S/C18H28N2O5/c1-17(2,3)18(25-16(20)23,11-13-7-5-4-6-8-13)10-9-14(12-21)24-15(19)22/h4-8,14,21H,9-12H2,1-3H3,(H2,19,22)(H2,20,23). The van der Waals surface area contributed by atoms with Crippen LogP contribution in [0.3, 0.4) is 0 Å². The highest BCUT2D eigenvalue weighted by molar-refractivity contribution is 5.65. The number of primary amides is 2. The Morgan fingerprint density at radius 3 is 2.16 bits per heavy atom. The Morgan fingerprint density at radius 1 is 1.12 bits per heavy atom. The molecule has 0 fully saturated rings. The molecule has 0 heterocycles. The second-order valence-corrected chi connectivity index (χ2v) is 7.11. The molecule has 2 atom stereocenters. The van der Waals surface area contributed by atoms with Gasteiger partial charge in [-0.05, 0) is 18.4 Å². The number of amides is 2. The van der Waals surface area contributed by atoms with Crippen molar-refractivity contribution in [1.29, 1.82) is 0 Å². The Hall–Kier alpha value is -2.28. The highest BCUT2D eigenvalue weighted by Gasteiger charge is 2.45. The Labute approximate surface area is 148 Å². The molecule has 1 aromatic carbocycles. The lowest BCUT2D eigenvalue weighted by molar-refractivity contribution is -0.0796. The minimum absolute atomic E-state index is 0.275. The third-order valence-corrected chi connectivity index (χ3v) is 4.35. The van der Waals surface area contributed by atoms with E-state index in [0.717, 1.165) is 5.56 Å². The molecule has 7 nitrogen and oxygen atoms in total. The zero-order valence-corrected chi connectivity index (χ0v) is 15.0. The highest BCUT2D eigenvalue weighted by atomic mass is 16.6. The van der Waals surface area contributed by atoms with Crippen LogP contribution in [0.5, 0.6) is 0 Å². The van der Waals surface area contributed by atoms with Gasteiger partial charge >= 0.3 is 12.2 Å². The molecular weight excluding hydrogens is 324 g/mol. The molecule has 2 unspecified atom stereocenters. The first-order valence-corrected chi connectivity index (χ1v) is 8.19. The maximum absolute atomic E-state index is 11.6. The average Bonchev–Trinajstić information content (AvgIpc) is 2.50. The molecule has 0 aliphatic carbocycles. The number of hydrogen-bond donors (Lipinski definition) is 3. The van der Waals surface area contributed by atoms with Gasteiger partial charge in [0.2, 0.25) is 0 Å². The van der Waals surface area contributed by atoms with E-state index >= 15 is 0 Å². The van der Waals surface area contributed by atoms with E-state index in [2.05, 4.69) is 0 Å². The predicted octanol–water partition coefficient (Wildman–Crippen LogP) is 2.35. The van der Waals surface area contributed by atoms with Crippen LogP contribution < -0.4 is 11.5 Å². The van der Waals surface area contributed by atoms with Gasteiger partial charge in [-0.1, -0.05) is 51.1 Å². The van der Waals surface area contributed by atoms with Crippen molar-refractivity contribution in [2.45, 2.75) is 51.7 Å². The number of aliphatic hydroxyl groups is 1. The van der Waals surface area contributed by atoms with E-state index in [1.165, 1.54) is 0 Å². The Kier molecular flexibility index (Phi) is 7.23. The normalized spacial score (nSPS) is 15.0. The molecule has 0 spiro atoms. The summed E-state index contributed by atoms with van der Waals surface area (Å²) in [5, 5.41) is 9.38. The summed E-state index contributed by atoms with van der Waals surface area (Å²) >= 11 is 0. The lowest BCUT2D eigenvalue weighted by Gasteiger charge is -2.44. The van der Waals surface area contributed by atoms with Crippen LogP contribution in [0.4, 0.5) is 9.59 Å². The summed E-state index contributed by atoms with van der Waals surface area (Å²) in [4.78, 5) is 22.5. The molecule has 1 rings (SSSR count). The molecule has 7 heteroatoms. The van der Waals surface area contributed by atoms with E-state index in [-0.39, 0.29) is 13.0 Å². The second kappa shape index (κ2) is 8.71. The first-order valence-electron chi connectivity index (χ1n) is 8.19. The van der Waals surface area contributed by atoms with Crippen molar-refractivity contribution in [3.8, 4) is 0 Å². The molecule has 25 heavy (non-hydrogen) atoms. The van der Waals surface area contributed by atoms with Gasteiger partial charge in [0.25, 0.3) is 0 Å². The van der Waals surface area contributed by atoms with Crippen molar-refractivity contribution in [2.75, 3.05) is 6.61 Å². The lowest BCUT2D eigenvalue weighted by Crippen LogP contribution is -2.50. The fourth-order valence-corrected chi connectivity index (χ4v) is 2.83. The average molecular weight is 352 g/mol. The molecule has 140 valence electrons. The molecule has 0 bridgehead atoms. The topological polar surface area (TPSA) is 125 Å². The maximum Gasteiger partial charge on any atom is 0.405 e. The summed E-state index contributed by atoms with van der Waals surface area (Å²) in [5.41, 5.74) is 9.95. The van der Waals surface area contributed by atoms with Crippen molar-refractivity contribution in [2.24, 2.45) is 16.9 Å². The smallest absolute Gasteiger partial charge is 0.405 e. The number of ether oxygens (including phenoxy) is 2. The summed E-state index contributed by atoms with van der Waals surface area (Å²) in [6.45, 7) is 5.47. The Balaban J connectivity index is 3.10. The van der Waals surface area contributed by atoms with E-state index in [9.17, 15) is 14.7 Å². The Morgan fingerprint density at radius 2 is 1.72 bits per heavy atom. The van der Waals surface area contributed by atoms with Gasteiger partial charge in [-0.25, -0.2) is 9.59 Å². The summed E-state index contributed by atoms with van der Waals surface area (Å²) in [6.07, 6.45) is -1.55. The van der Waals surface area contributed by atoms with Gasteiger partial charge in [-0.3, -0.25) is 0 Å². The van der Waals surface area contributed by atoms with E-state index < -0.39 is 29.3 Å². The van der Waals surface area contributed by atoms with Gasteiger partial charge in [-0.2, -0.15) is 0 Å². The van der Waals surface area contributed by atoms with Crippen LogP contribution in [0.15, 0.2) is 30.3 Å². The SMILES string of the molecule is CC(C)(C)C(CCC(CO)OC(N)=O)(Cc1ccccc1)OC(N)=O. The summed E-state index contributed by atoms with van der Waals surface area (Å²) in [7, 11) is 0. The van der Waals surface area contributed by atoms with Gasteiger partial charge in [0.15, 0.2) is 0 Å². The molecule has 0 radical (unpaired) electrons. The molecule has 0 aliphatic rings. The fourth-order valence-electron chi connectivity index (χ4n) is 2.83. The van der Waals surface area contributed by atoms with Crippen molar-refractivity contribution in [3.05, 3.63) is 35.9 Å². The number of aliphatic hydroxyl groups excluding tert-OH is 1. The first-order chi connectivity index (χ1) is 11.6. The van der Waals surface area contributed by atoms with Gasteiger partial charge in [0.1, 0.15) is 11.7 Å².